The molecule has 4 nitrogen and oxygen atoms in total. The van der Waals surface area contributed by atoms with Gasteiger partial charge in [-0.3, -0.25) is 0 Å². The van der Waals surface area contributed by atoms with Crippen molar-refractivity contribution in [2.75, 3.05) is 0 Å². The van der Waals surface area contributed by atoms with Crippen LogP contribution in [0, 0.1) is 12.7 Å². The summed E-state index contributed by atoms with van der Waals surface area (Å²) in [5, 5.41) is 6.57. The highest BCUT2D eigenvalue weighted by Crippen LogP contribution is 2.29. The van der Waals surface area contributed by atoms with Crippen molar-refractivity contribution in [1.29, 1.82) is 0 Å². The summed E-state index contributed by atoms with van der Waals surface area (Å²) in [7, 11) is 0. The zero-order chi connectivity index (χ0) is 18.4. The molecule has 0 atom stereocenters. The number of nitrogens with zero attached hydrogens (tertiary/aromatic N) is 4. The molecule has 0 saturated carbocycles. The highest BCUT2D eigenvalue weighted by atomic mass is 19.1. The molecule has 0 saturated heterocycles. The van der Waals surface area contributed by atoms with Crippen molar-refractivity contribution in [2.24, 2.45) is 0 Å². The van der Waals surface area contributed by atoms with E-state index in [1.165, 1.54) is 12.1 Å². The first-order chi connectivity index (χ1) is 13.2. The Kier molecular flexibility index (Phi) is 3.47. The monoisotopic (exact) mass is 354 g/mol. The molecule has 0 aliphatic rings. The molecule has 3 heterocycles. The van der Waals surface area contributed by atoms with E-state index in [9.17, 15) is 4.39 Å². The molecule has 0 radical (unpaired) electrons. The van der Waals surface area contributed by atoms with Crippen molar-refractivity contribution >= 4 is 21.9 Å². The molecular formula is C22H15FN4. The fourth-order valence-corrected chi connectivity index (χ4v) is 3.35. The minimum absolute atomic E-state index is 0.258. The summed E-state index contributed by atoms with van der Waals surface area (Å²) in [6.45, 7) is 1.97. The first-order valence-electron chi connectivity index (χ1n) is 8.67. The van der Waals surface area contributed by atoms with E-state index < -0.39 is 0 Å². The maximum atomic E-state index is 13.2. The van der Waals surface area contributed by atoms with Gasteiger partial charge in [0, 0.05) is 17.1 Å². The molecule has 0 amide bonds. The van der Waals surface area contributed by atoms with Gasteiger partial charge in [0.25, 0.3) is 0 Å². The molecule has 5 heteroatoms. The Morgan fingerprint density at radius 3 is 2.44 bits per heavy atom. The van der Waals surface area contributed by atoms with E-state index >= 15 is 0 Å². The molecule has 5 rings (SSSR count). The van der Waals surface area contributed by atoms with E-state index in [1.807, 2.05) is 60.3 Å². The van der Waals surface area contributed by atoms with E-state index in [2.05, 4.69) is 10.1 Å². The minimum atomic E-state index is -0.258. The van der Waals surface area contributed by atoms with Crippen LogP contribution in [0.4, 0.5) is 4.39 Å². The molecule has 27 heavy (non-hydrogen) atoms. The SMILES string of the molecule is Cc1nn(-c2ccccc2)c2ncc3ccc(-c4ccc(F)cc4)nc3c12. The van der Waals surface area contributed by atoms with Crippen LogP contribution in [0.2, 0.25) is 0 Å². The van der Waals surface area contributed by atoms with Gasteiger partial charge in [-0.2, -0.15) is 5.10 Å². The van der Waals surface area contributed by atoms with E-state index in [-0.39, 0.29) is 5.82 Å². The van der Waals surface area contributed by atoms with Gasteiger partial charge in [-0.25, -0.2) is 19.0 Å². The molecule has 0 unspecified atom stereocenters. The molecule has 0 aliphatic heterocycles. The maximum Gasteiger partial charge on any atom is 0.165 e. The van der Waals surface area contributed by atoms with Gasteiger partial charge in [0.05, 0.1) is 28.0 Å². The predicted molar refractivity (Wildman–Crippen MR) is 104 cm³/mol. The number of rotatable bonds is 2. The number of pyridine rings is 2. The summed E-state index contributed by atoms with van der Waals surface area (Å²) in [5.41, 5.74) is 5.11. The van der Waals surface area contributed by atoms with Gasteiger partial charge < -0.3 is 0 Å². The number of benzene rings is 2. The van der Waals surface area contributed by atoms with Crippen molar-refractivity contribution < 1.29 is 4.39 Å². The number of para-hydroxylation sites is 1. The van der Waals surface area contributed by atoms with Gasteiger partial charge in [-0.15, -0.1) is 0 Å². The lowest BCUT2D eigenvalue weighted by atomic mass is 10.1. The number of hydrogen-bond donors (Lipinski definition) is 0. The zero-order valence-electron chi connectivity index (χ0n) is 14.6. The standard InChI is InChI=1S/C22H15FN4/c1-14-20-21-16(9-12-19(25-21)15-7-10-17(23)11-8-15)13-24-22(20)27(26-14)18-5-3-2-4-6-18/h2-13H,1H3. The molecule has 5 aromatic rings. The Hall–Kier alpha value is -3.60. The lowest BCUT2D eigenvalue weighted by molar-refractivity contribution is 0.628. The van der Waals surface area contributed by atoms with E-state index in [1.54, 1.807) is 12.1 Å². The molecule has 2 aromatic carbocycles. The van der Waals surface area contributed by atoms with Crippen LogP contribution < -0.4 is 0 Å². The Morgan fingerprint density at radius 2 is 1.67 bits per heavy atom. The third-order valence-corrected chi connectivity index (χ3v) is 4.67. The Labute approximate surface area is 154 Å². The Balaban J connectivity index is 1.78. The smallest absolute Gasteiger partial charge is 0.165 e. The van der Waals surface area contributed by atoms with Crippen LogP contribution in [-0.2, 0) is 0 Å². The van der Waals surface area contributed by atoms with E-state index in [0.717, 1.165) is 44.6 Å². The fraction of sp³-hybridized carbons (Fsp3) is 0.0455. The van der Waals surface area contributed by atoms with Crippen molar-refractivity contribution in [1.82, 2.24) is 19.7 Å². The number of fused-ring (bicyclic) bond motifs is 3. The van der Waals surface area contributed by atoms with E-state index in [4.69, 9.17) is 4.98 Å². The summed E-state index contributed by atoms with van der Waals surface area (Å²) < 4.78 is 15.1. The average molecular weight is 354 g/mol. The van der Waals surface area contributed by atoms with Gasteiger partial charge in [-0.05, 0) is 55.5 Å². The lowest BCUT2D eigenvalue weighted by Crippen LogP contribution is -1.97. The van der Waals surface area contributed by atoms with Gasteiger partial charge in [-0.1, -0.05) is 18.2 Å². The van der Waals surface area contributed by atoms with Crippen LogP contribution in [0.1, 0.15) is 5.69 Å². The predicted octanol–water partition coefficient (Wildman–Crippen LogP) is 5.08. The zero-order valence-corrected chi connectivity index (χ0v) is 14.6. The van der Waals surface area contributed by atoms with Crippen LogP contribution in [0.25, 0.3) is 38.9 Å². The molecular weight excluding hydrogens is 339 g/mol. The second-order valence-electron chi connectivity index (χ2n) is 6.43. The third kappa shape index (κ3) is 2.56. The lowest BCUT2D eigenvalue weighted by Gasteiger charge is -2.06. The van der Waals surface area contributed by atoms with Gasteiger partial charge in [0.1, 0.15) is 5.82 Å². The first-order valence-corrected chi connectivity index (χ1v) is 8.67. The summed E-state index contributed by atoms with van der Waals surface area (Å²) in [6.07, 6.45) is 1.82. The second kappa shape index (κ2) is 5.99. The van der Waals surface area contributed by atoms with Crippen molar-refractivity contribution in [3.05, 3.63) is 84.4 Å². The fourth-order valence-electron chi connectivity index (χ4n) is 3.35. The molecule has 130 valence electrons. The van der Waals surface area contributed by atoms with Crippen molar-refractivity contribution in [3.8, 4) is 16.9 Å². The van der Waals surface area contributed by atoms with Gasteiger partial charge >= 0.3 is 0 Å². The van der Waals surface area contributed by atoms with Crippen LogP contribution >= 0.6 is 0 Å². The molecule has 0 N–H and O–H groups in total. The molecule has 0 aliphatic carbocycles. The van der Waals surface area contributed by atoms with Crippen molar-refractivity contribution in [3.63, 3.8) is 0 Å². The van der Waals surface area contributed by atoms with Crippen LogP contribution in [-0.4, -0.2) is 19.7 Å². The molecule has 3 aromatic heterocycles. The molecule has 0 bridgehead atoms. The Morgan fingerprint density at radius 1 is 0.889 bits per heavy atom. The average Bonchev–Trinajstić information content (AvgIpc) is 3.06. The molecule has 0 fully saturated rings. The minimum Gasteiger partial charge on any atom is -0.247 e. The van der Waals surface area contributed by atoms with Crippen LogP contribution in [0.15, 0.2) is 72.9 Å². The summed E-state index contributed by atoms with van der Waals surface area (Å²) in [5.74, 6) is -0.258. The largest absolute Gasteiger partial charge is 0.247 e. The first kappa shape index (κ1) is 15.6. The van der Waals surface area contributed by atoms with Gasteiger partial charge in [0.2, 0.25) is 0 Å². The number of aryl methyl sites for hydroxylation is 1. The van der Waals surface area contributed by atoms with Crippen LogP contribution in [0.5, 0.6) is 0 Å². The normalized spacial score (nSPS) is 11.3. The highest BCUT2D eigenvalue weighted by molar-refractivity contribution is 6.04. The second-order valence-corrected chi connectivity index (χ2v) is 6.43. The third-order valence-electron chi connectivity index (χ3n) is 4.67. The maximum absolute atomic E-state index is 13.2. The number of hydrogen-bond acceptors (Lipinski definition) is 3. The summed E-state index contributed by atoms with van der Waals surface area (Å²) in [4.78, 5) is 9.49. The number of halogens is 1. The highest BCUT2D eigenvalue weighted by Gasteiger charge is 2.15. The quantitative estimate of drug-likeness (QED) is 0.444. The molecule has 0 spiro atoms. The summed E-state index contributed by atoms with van der Waals surface area (Å²) in [6, 6.07) is 20.2. The van der Waals surface area contributed by atoms with Gasteiger partial charge in [0.15, 0.2) is 5.65 Å². The van der Waals surface area contributed by atoms with Crippen molar-refractivity contribution in [2.45, 2.75) is 6.92 Å². The van der Waals surface area contributed by atoms with Crippen LogP contribution in [0.3, 0.4) is 0 Å². The number of aromatic nitrogens is 4. The van der Waals surface area contributed by atoms with E-state index in [0.29, 0.717) is 0 Å². The topological polar surface area (TPSA) is 43.6 Å². The Bertz CT molecular complexity index is 1270. The summed E-state index contributed by atoms with van der Waals surface area (Å²) >= 11 is 0.